The van der Waals surface area contributed by atoms with Crippen LogP contribution in [-0.4, -0.2) is 73.7 Å². The Kier molecular flexibility index (Phi) is 15.3. The monoisotopic (exact) mass is 420 g/mol. The third-order valence-corrected chi connectivity index (χ3v) is 4.36. The molecule has 1 aromatic heterocycles. The second kappa shape index (κ2) is 14.1. The standard InChI is InChI=1S/C14H24N4O2S.3ClH/c1-12-16-13(11-21-12)10-17-4-6-18(7-5-17)14(19)9-15-3-8-20-2;;;/h11,15H,3-10H2,1-2H3;3*1H. The second-order valence-corrected chi connectivity index (χ2v) is 6.25. The van der Waals surface area contributed by atoms with Crippen molar-refractivity contribution in [2.24, 2.45) is 0 Å². The van der Waals surface area contributed by atoms with Crippen LogP contribution in [0.25, 0.3) is 0 Å². The van der Waals surface area contributed by atoms with Crippen LogP contribution in [0.3, 0.4) is 0 Å². The number of thiazole rings is 1. The number of rotatable bonds is 7. The molecule has 1 N–H and O–H groups in total. The van der Waals surface area contributed by atoms with E-state index in [0.29, 0.717) is 19.7 Å². The lowest BCUT2D eigenvalue weighted by atomic mass is 10.3. The molecule has 1 aromatic rings. The summed E-state index contributed by atoms with van der Waals surface area (Å²) in [5.74, 6) is 0.176. The summed E-state index contributed by atoms with van der Waals surface area (Å²) in [6.45, 7) is 8.09. The van der Waals surface area contributed by atoms with E-state index in [4.69, 9.17) is 4.74 Å². The van der Waals surface area contributed by atoms with Crippen LogP contribution in [-0.2, 0) is 16.1 Å². The number of aromatic nitrogens is 1. The number of nitrogens with one attached hydrogen (secondary N) is 1. The molecule has 1 saturated heterocycles. The number of piperazine rings is 1. The molecule has 6 nitrogen and oxygen atoms in total. The van der Waals surface area contributed by atoms with E-state index in [2.05, 4.69) is 20.6 Å². The van der Waals surface area contributed by atoms with Gasteiger partial charge in [-0.1, -0.05) is 0 Å². The summed E-state index contributed by atoms with van der Waals surface area (Å²) in [5, 5.41) is 6.33. The van der Waals surface area contributed by atoms with Crippen LogP contribution in [0.4, 0.5) is 0 Å². The molecule has 2 rings (SSSR count). The molecule has 0 aromatic carbocycles. The highest BCUT2D eigenvalue weighted by Gasteiger charge is 2.21. The van der Waals surface area contributed by atoms with E-state index < -0.39 is 0 Å². The van der Waals surface area contributed by atoms with E-state index in [1.807, 2.05) is 11.8 Å². The lowest BCUT2D eigenvalue weighted by Crippen LogP contribution is -2.50. The van der Waals surface area contributed by atoms with Crippen molar-refractivity contribution in [2.75, 3.05) is 53.0 Å². The van der Waals surface area contributed by atoms with Crippen molar-refractivity contribution < 1.29 is 9.53 Å². The van der Waals surface area contributed by atoms with Crippen molar-refractivity contribution >= 4 is 54.5 Å². The van der Waals surface area contributed by atoms with Gasteiger partial charge in [-0.2, -0.15) is 0 Å². The van der Waals surface area contributed by atoms with E-state index in [1.54, 1.807) is 18.4 Å². The summed E-state index contributed by atoms with van der Waals surface area (Å²) < 4.78 is 4.94. The van der Waals surface area contributed by atoms with Gasteiger partial charge in [0.1, 0.15) is 0 Å². The normalized spacial score (nSPS) is 14.3. The number of ether oxygens (including phenoxy) is 1. The fraction of sp³-hybridized carbons (Fsp3) is 0.714. The Morgan fingerprint density at radius 2 is 1.96 bits per heavy atom. The lowest BCUT2D eigenvalue weighted by Gasteiger charge is -2.34. The largest absolute Gasteiger partial charge is 0.383 e. The van der Waals surface area contributed by atoms with Crippen LogP contribution in [0, 0.1) is 6.92 Å². The SMILES string of the molecule is COCCNCC(=O)N1CCN(Cc2csc(C)n2)CC1.Cl.Cl.Cl. The van der Waals surface area contributed by atoms with E-state index in [1.165, 1.54) is 0 Å². The number of hydrogen-bond donors (Lipinski definition) is 1. The van der Waals surface area contributed by atoms with Crippen molar-refractivity contribution in [1.82, 2.24) is 20.1 Å². The Labute approximate surface area is 166 Å². The van der Waals surface area contributed by atoms with Crippen molar-refractivity contribution in [3.63, 3.8) is 0 Å². The zero-order valence-corrected chi connectivity index (χ0v) is 17.3. The summed E-state index contributed by atoms with van der Waals surface area (Å²) in [6, 6.07) is 0. The summed E-state index contributed by atoms with van der Waals surface area (Å²) in [4.78, 5) is 20.8. The number of aryl methyl sites for hydroxylation is 1. The fourth-order valence-electron chi connectivity index (χ4n) is 2.35. The fourth-order valence-corrected chi connectivity index (χ4v) is 2.95. The van der Waals surface area contributed by atoms with Gasteiger partial charge in [-0.3, -0.25) is 9.69 Å². The van der Waals surface area contributed by atoms with E-state index >= 15 is 0 Å². The van der Waals surface area contributed by atoms with Gasteiger partial charge in [-0.15, -0.1) is 48.6 Å². The predicted octanol–water partition coefficient (Wildman–Crippen LogP) is 1.60. The Bertz CT molecular complexity index is 457. The van der Waals surface area contributed by atoms with Gasteiger partial charge < -0.3 is 15.0 Å². The molecule has 142 valence electrons. The number of carbonyl (C=O) groups is 1. The van der Waals surface area contributed by atoms with Gasteiger partial charge >= 0.3 is 0 Å². The Hall–Kier alpha value is -0.150. The zero-order chi connectivity index (χ0) is 15.1. The van der Waals surface area contributed by atoms with Crippen LogP contribution in [0.5, 0.6) is 0 Å². The van der Waals surface area contributed by atoms with Crippen LogP contribution >= 0.6 is 48.6 Å². The van der Waals surface area contributed by atoms with Gasteiger partial charge in [0.05, 0.1) is 23.9 Å². The molecule has 1 fully saturated rings. The maximum atomic E-state index is 12.0. The first-order chi connectivity index (χ1) is 10.2. The summed E-state index contributed by atoms with van der Waals surface area (Å²) >= 11 is 1.69. The van der Waals surface area contributed by atoms with Gasteiger partial charge in [0.2, 0.25) is 5.91 Å². The quantitative estimate of drug-likeness (QED) is 0.678. The maximum absolute atomic E-state index is 12.0. The molecule has 0 radical (unpaired) electrons. The highest BCUT2D eigenvalue weighted by Crippen LogP contribution is 2.12. The van der Waals surface area contributed by atoms with Gasteiger partial charge in [0.15, 0.2) is 0 Å². The van der Waals surface area contributed by atoms with E-state index in [9.17, 15) is 4.79 Å². The third kappa shape index (κ3) is 8.80. The molecule has 0 unspecified atom stereocenters. The minimum Gasteiger partial charge on any atom is -0.383 e. The first kappa shape index (κ1) is 26.1. The minimum absolute atomic E-state index is 0. The van der Waals surface area contributed by atoms with Crippen LogP contribution in [0.2, 0.25) is 0 Å². The smallest absolute Gasteiger partial charge is 0.236 e. The first-order valence-corrected chi connectivity index (χ1v) is 8.18. The molecule has 1 aliphatic rings. The average molecular weight is 422 g/mol. The van der Waals surface area contributed by atoms with Gasteiger partial charge in [-0.05, 0) is 6.92 Å². The molecule has 1 amide bonds. The number of nitrogens with zero attached hydrogens (tertiary/aromatic N) is 3. The van der Waals surface area contributed by atoms with Crippen LogP contribution in [0.1, 0.15) is 10.7 Å². The third-order valence-electron chi connectivity index (χ3n) is 3.54. The Balaban J connectivity index is 0. The van der Waals surface area contributed by atoms with Crippen LogP contribution < -0.4 is 5.32 Å². The number of methoxy groups -OCH3 is 1. The molecule has 10 heteroatoms. The molecular weight excluding hydrogens is 395 g/mol. The molecule has 0 atom stereocenters. The highest BCUT2D eigenvalue weighted by molar-refractivity contribution is 7.09. The molecule has 2 heterocycles. The average Bonchev–Trinajstić information content (AvgIpc) is 2.89. The second-order valence-electron chi connectivity index (χ2n) is 5.18. The zero-order valence-electron chi connectivity index (χ0n) is 14.0. The summed E-state index contributed by atoms with van der Waals surface area (Å²) in [7, 11) is 1.66. The molecule has 0 spiro atoms. The lowest BCUT2D eigenvalue weighted by molar-refractivity contribution is -0.132. The van der Waals surface area contributed by atoms with Gasteiger partial charge in [0.25, 0.3) is 0 Å². The molecular formula is C14H27Cl3N4O2S. The molecule has 0 saturated carbocycles. The maximum Gasteiger partial charge on any atom is 0.236 e. The van der Waals surface area contributed by atoms with Crippen molar-refractivity contribution in [3.05, 3.63) is 16.1 Å². The molecule has 0 bridgehead atoms. The molecule has 0 aliphatic carbocycles. The molecule has 24 heavy (non-hydrogen) atoms. The van der Waals surface area contributed by atoms with E-state index in [0.717, 1.165) is 43.4 Å². The Morgan fingerprint density at radius 3 is 2.50 bits per heavy atom. The number of halogens is 3. The number of hydrogen-bond acceptors (Lipinski definition) is 6. The number of carbonyl (C=O) groups excluding carboxylic acids is 1. The predicted molar refractivity (Wildman–Crippen MR) is 105 cm³/mol. The van der Waals surface area contributed by atoms with Gasteiger partial charge in [-0.25, -0.2) is 4.98 Å². The highest BCUT2D eigenvalue weighted by atomic mass is 35.5. The number of amides is 1. The van der Waals surface area contributed by atoms with Crippen molar-refractivity contribution in [1.29, 1.82) is 0 Å². The minimum atomic E-state index is 0. The van der Waals surface area contributed by atoms with Crippen LogP contribution in [0.15, 0.2) is 5.38 Å². The van der Waals surface area contributed by atoms with E-state index in [-0.39, 0.29) is 43.1 Å². The Morgan fingerprint density at radius 1 is 1.29 bits per heavy atom. The van der Waals surface area contributed by atoms with Crippen molar-refractivity contribution in [3.8, 4) is 0 Å². The molecule has 1 aliphatic heterocycles. The first-order valence-electron chi connectivity index (χ1n) is 7.30. The summed E-state index contributed by atoms with van der Waals surface area (Å²) in [6.07, 6.45) is 0. The topological polar surface area (TPSA) is 57.7 Å². The van der Waals surface area contributed by atoms with Gasteiger partial charge in [0, 0.05) is 51.8 Å². The van der Waals surface area contributed by atoms with Crippen molar-refractivity contribution in [2.45, 2.75) is 13.5 Å². The summed E-state index contributed by atoms with van der Waals surface area (Å²) in [5.41, 5.74) is 1.14.